The van der Waals surface area contributed by atoms with E-state index >= 15 is 0 Å². The van der Waals surface area contributed by atoms with E-state index in [0.717, 1.165) is 5.57 Å². The molecule has 0 N–H and O–H groups in total. The summed E-state index contributed by atoms with van der Waals surface area (Å²) in [6.07, 6.45) is 6.24. The lowest BCUT2D eigenvalue weighted by molar-refractivity contribution is 1.39. The minimum absolute atomic E-state index is 1.08. The summed E-state index contributed by atoms with van der Waals surface area (Å²) in [6, 6.07) is 15.2. The molecule has 0 unspecified atom stereocenters. The standard InChI is InChI=1S/C22H24/c1-6-7-11-20(16(2)3)19-14-13-18(5)22(15-19)21-12-9-8-10-17(21)4/h6-15H,2H2,1,3-5H3/b7-6-,20-11+. The van der Waals surface area contributed by atoms with Crippen LogP contribution in [0.2, 0.25) is 0 Å². The summed E-state index contributed by atoms with van der Waals surface area (Å²) in [5.74, 6) is 0. The first-order valence-electron chi connectivity index (χ1n) is 7.70. The molecule has 0 saturated heterocycles. The highest BCUT2D eigenvalue weighted by molar-refractivity contribution is 5.83. The summed E-state index contributed by atoms with van der Waals surface area (Å²) in [6.45, 7) is 12.5. The van der Waals surface area contributed by atoms with Crippen LogP contribution in [0.1, 0.15) is 30.5 Å². The van der Waals surface area contributed by atoms with Gasteiger partial charge in [0.25, 0.3) is 0 Å². The molecule has 0 aliphatic rings. The fourth-order valence-corrected chi connectivity index (χ4v) is 2.63. The summed E-state index contributed by atoms with van der Waals surface area (Å²) >= 11 is 0. The molecule has 2 aromatic rings. The van der Waals surface area contributed by atoms with Crippen LogP contribution >= 0.6 is 0 Å². The monoisotopic (exact) mass is 288 g/mol. The third-order valence-electron chi connectivity index (χ3n) is 3.90. The van der Waals surface area contributed by atoms with Crippen LogP contribution in [0.25, 0.3) is 16.7 Å². The van der Waals surface area contributed by atoms with Gasteiger partial charge >= 0.3 is 0 Å². The Kier molecular flexibility index (Phi) is 5.16. The summed E-state index contributed by atoms with van der Waals surface area (Å²) < 4.78 is 0. The molecular formula is C22H24. The van der Waals surface area contributed by atoms with Gasteiger partial charge in [0.2, 0.25) is 0 Å². The second-order valence-electron chi connectivity index (χ2n) is 5.73. The van der Waals surface area contributed by atoms with E-state index in [1.165, 1.54) is 33.4 Å². The zero-order chi connectivity index (χ0) is 16.1. The Hall–Kier alpha value is -2.34. The van der Waals surface area contributed by atoms with E-state index in [1.807, 2.05) is 13.0 Å². The highest BCUT2D eigenvalue weighted by Crippen LogP contribution is 2.31. The molecule has 0 spiro atoms. The zero-order valence-electron chi connectivity index (χ0n) is 14.0. The molecule has 0 heteroatoms. The molecule has 0 saturated carbocycles. The number of benzene rings is 2. The maximum absolute atomic E-state index is 4.12. The highest BCUT2D eigenvalue weighted by Gasteiger charge is 2.08. The van der Waals surface area contributed by atoms with Crippen LogP contribution in [0.5, 0.6) is 0 Å². The number of aryl methyl sites for hydroxylation is 2. The largest absolute Gasteiger partial charge is 0.0955 e. The lowest BCUT2D eigenvalue weighted by atomic mass is 9.91. The van der Waals surface area contributed by atoms with E-state index in [1.54, 1.807) is 0 Å². The molecule has 0 heterocycles. The Bertz CT molecular complexity index is 742. The molecule has 0 fully saturated rings. The quantitative estimate of drug-likeness (QED) is 0.563. The van der Waals surface area contributed by atoms with Crippen LogP contribution in [-0.2, 0) is 0 Å². The lowest BCUT2D eigenvalue weighted by Gasteiger charge is -2.13. The van der Waals surface area contributed by atoms with Crippen molar-refractivity contribution in [2.45, 2.75) is 27.7 Å². The molecule has 22 heavy (non-hydrogen) atoms. The van der Waals surface area contributed by atoms with Crippen molar-refractivity contribution in [2.75, 3.05) is 0 Å². The van der Waals surface area contributed by atoms with Gasteiger partial charge in [-0.1, -0.05) is 66.8 Å². The molecule has 112 valence electrons. The molecule has 2 aromatic carbocycles. The van der Waals surface area contributed by atoms with Crippen molar-refractivity contribution >= 4 is 5.57 Å². The number of rotatable bonds is 4. The second kappa shape index (κ2) is 7.09. The van der Waals surface area contributed by atoms with E-state index < -0.39 is 0 Å². The van der Waals surface area contributed by atoms with Gasteiger partial charge in [-0.2, -0.15) is 0 Å². The van der Waals surface area contributed by atoms with Gasteiger partial charge in [0.05, 0.1) is 0 Å². The van der Waals surface area contributed by atoms with Crippen LogP contribution in [0.3, 0.4) is 0 Å². The van der Waals surface area contributed by atoms with Crippen LogP contribution in [0, 0.1) is 13.8 Å². The molecule has 0 amide bonds. The highest BCUT2D eigenvalue weighted by atomic mass is 14.1. The summed E-state index contributed by atoms with van der Waals surface area (Å²) in [5.41, 5.74) is 8.68. The maximum atomic E-state index is 4.12. The SMILES string of the molecule is C=C(C)/C(=C\C=C/C)c1ccc(C)c(-c2ccccc2C)c1. The smallest absolute Gasteiger partial charge is 0.0146 e. The van der Waals surface area contributed by atoms with Crippen molar-refractivity contribution in [1.29, 1.82) is 0 Å². The van der Waals surface area contributed by atoms with Crippen LogP contribution in [-0.4, -0.2) is 0 Å². The normalized spacial score (nSPS) is 11.9. The number of allylic oxidation sites excluding steroid dienone is 5. The summed E-state index contributed by atoms with van der Waals surface area (Å²) in [5, 5.41) is 0. The molecule has 0 aromatic heterocycles. The first-order valence-corrected chi connectivity index (χ1v) is 7.70. The van der Waals surface area contributed by atoms with Gasteiger partial charge in [-0.25, -0.2) is 0 Å². The minimum atomic E-state index is 1.08. The third-order valence-corrected chi connectivity index (χ3v) is 3.90. The van der Waals surface area contributed by atoms with E-state index in [2.05, 4.69) is 82.0 Å². The third kappa shape index (κ3) is 3.46. The number of hydrogen-bond acceptors (Lipinski definition) is 0. The fraction of sp³-hybridized carbons (Fsp3) is 0.182. The molecule has 0 bridgehead atoms. The first-order chi connectivity index (χ1) is 10.5. The molecule has 0 atom stereocenters. The maximum Gasteiger partial charge on any atom is -0.0146 e. The Morgan fingerprint density at radius 3 is 2.27 bits per heavy atom. The molecule has 0 radical (unpaired) electrons. The topological polar surface area (TPSA) is 0 Å². The van der Waals surface area contributed by atoms with Crippen LogP contribution in [0.4, 0.5) is 0 Å². The lowest BCUT2D eigenvalue weighted by Crippen LogP contribution is -1.91. The average molecular weight is 288 g/mol. The Balaban J connectivity index is 2.60. The molecule has 0 nitrogen and oxygen atoms in total. The van der Waals surface area contributed by atoms with Gasteiger partial charge in [0.15, 0.2) is 0 Å². The van der Waals surface area contributed by atoms with Crippen molar-refractivity contribution in [1.82, 2.24) is 0 Å². The van der Waals surface area contributed by atoms with Crippen LogP contribution in [0.15, 0.2) is 72.8 Å². The van der Waals surface area contributed by atoms with Gasteiger partial charge in [-0.05, 0) is 67.2 Å². The molecule has 0 aliphatic heterocycles. The van der Waals surface area contributed by atoms with E-state index in [9.17, 15) is 0 Å². The summed E-state index contributed by atoms with van der Waals surface area (Å²) in [4.78, 5) is 0. The van der Waals surface area contributed by atoms with Crippen LogP contribution < -0.4 is 0 Å². The van der Waals surface area contributed by atoms with E-state index in [0.29, 0.717) is 0 Å². The van der Waals surface area contributed by atoms with Gasteiger partial charge in [-0.3, -0.25) is 0 Å². The summed E-state index contributed by atoms with van der Waals surface area (Å²) in [7, 11) is 0. The molecule has 2 rings (SSSR count). The predicted octanol–water partition coefficient (Wildman–Crippen LogP) is 6.51. The Labute approximate surface area is 134 Å². The van der Waals surface area contributed by atoms with Crippen molar-refractivity contribution in [3.05, 3.63) is 89.5 Å². The first kappa shape index (κ1) is 16.0. The molecule has 0 aliphatic carbocycles. The predicted molar refractivity (Wildman–Crippen MR) is 99.0 cm³/mol. The van der Waals surface area contributed by atoms with Gasteiger partial charge in [0.1, 0.15) is 0 Å². The van der Waals surface area contributed by atoms with Gasteiger partial charge in [-0.15, -0.1) is 0 Å². The van der Waals surface area contributed by atoms with Gasteiger partial charge < -0.3 is 0 Å². The Morgan fingerprint density at radius 1 is 0.955 bits per heavy atom. The second-order valence-corrected chi connectivity index (χ2v) is 5.73. The van der Waals surface area contributed by atoms with E-state index in [-0.39, 0.29) is 0 Å². The van der Waals surface area contributed by atoms with E-state index in [4.69, 9.17) is 0 Å². The fourth-order valence-electron chi connectivity index (χ4n) is 2.63. The minimum Gasteiger partial charge on any atom is -0.0955 e. The average Bonchev–Trinajstić information content (AvgIpc) is 2.49. The number of hydrogen-bond donors (Lipinski definition) is 0. The van der Waals surface area contributed by atoms with Crippen molar-refractivity contribution in [3.63, 3.8) is 0 Å². The van der Waals surface area contributed by atoms with Crippen molar-refractivity contribution in [2.24, 2.45) is 0 Å². The van der Waals surface area contributed by atoms with Crippen molar-refractivity contribution < 1.29 is 0 Å². The van der Waals surface area contributed by atoms with Gasteiger partial charge in [0, 0.05) is 0 Å². The van der Waals surface area contributed by atoms with Crippen molar-refractivity contribution in [3.8, 4) is 11.1 Å². The Morgan fingerprint density at radius 2 is 1.64 bits per heavy atom. The zero-order valence-corrected chi connectivity index (χ0v) is 14.0. The molecular weight excluding hydrogens is 264 g/mol.